The van der Waals surface area contributed by atoms with Crippen molar-refractivity contribution in [1.29, 1.82) is 0 Å². The number of H-pyrrole nitrogens is 1. The van der Waals surface area contributed by atoms with E-state index in [1.807, 2.05) is 24.7 Å². The lowest BCUT2D eigenvalue weighted by Crippen LogP contribution is -2.41. The molecule has 4 rings (SSSR count). The van der Waals surface area contributed by atoms with Crippen LogP contribution in [0.15, 0.2) is 24.4 Å². The van der Waals surface area contributed by atoms with Crippen LogP contribution in [0.2, 0.25) is 0 Å². The van der Waals surface area contributed by atoms with Gasteiger partial charge in [0.25, 0.3) is 0 Å². The molecule has 8 heteroatoms. The molecule has 7 nitrogen and oxygen atoms in total. The van der Waals surface area contributed by atoms with E-state index in [1.54, 1.807) is 6.07 Å². The minimum absolute atomic E-state index is 0.0105. The summed E-state index contributed by atoms with van der Waals surface area (Å²) in [6.45, 7) is 6.84. The molecule has 3 aromatic rings. The van der Waals surface area contributed by atoms with Gasteiger partial charge in [-0.05, 0) is 57.4 Å². The van der Waals surface area contributed by atoms with Gasteiger partial charge in [-0.1, -0.05) is 0 Å². The van der Waals surface area contributed by atoms with Gasteiger partial charge in [0, 0.05) is 25.7 Å². The Labute approximate surface area is 169 Å². The monoisotopic (exact) mass is 398 g/mol. The van der Waals surface area contributed by atoms with Crippen LogP contribution in [-0.2, 0) is 17.8 Å². The van der Waals surface area contributed by atoms with Gasteiger partial charge in [-0.3, -0.25) is 14.4 Å². The Morgan fingerprint density at radius 2 is 2.28 bits per heavy atom. The van der Waals surface area contributed by atoms with Crippen LogP contribution in [-0.4, -0.2) is 50.2 Å². The van der Waals surface area contributed by atoms with Crippen LogP contribution in [0.4, 0.5) is 10.1 Å². The third kappa shape index (κ3) is 4.64. The lowest BCUT2D eigenvalue weighted by molar-refractivity contribution is -0.117. The number of benzene rings is 1. The highest BCUT2D eigenvalue weighted by Crippen LogP contribution is 2.22. The fraction of sp³-hybridized carbons (Fsp3) is 0.476. The number of hydrogen-bond acceptors (Lipinski definition) is 4. The highest BCUT2D eigenvalue weighted by atomic mass is 19.1. The van der Waals surface area contributed by atoms with E-state index in [9.17, 15) is 9.18 Å². The molecule has 1 amide bonds. The zero-order valence-electron chi connectivity index (χ0n) is 16.9. The van der Waals surface area contributed by atoms with E-state index < -0.39 is 0 Å². The van der Waals surface area contributed by atoms with E-state index in [-0.39, 0.29) is 11.7 Å². The number of nitrogens with zero attached hydrogens (tertiary/aromatic N) is 4. The number of carbonyl (C=O) groups is 1. The first-order valence-electron chi connectivity index (χ1n) is 10.2. The molecule has 0 bridgehead atoms. The summed E-state index contributed by atoms with van der Waals surface area (Å²) in [5.41, 5.74) is 3.13. The van der Waals surface area contributed by atoms with Crippen molar-refractivity contribution in [3.63, 3.8) is 0 Å². The summed E-state index contributed by atoms with van der Waals surface area (Å²) in [5.74, 6) is 1.03. The van der Waals surface area contributed by atoms with Gasteiger partial charge in [-0.2, -0.15) is 5.10 Å². The smallest absolute Gasteiger partial charge is 0.238 e. The molecule has 1 aliphatic heterocycles. The molecule has 1 saturated heterocycles. The molecule has 0 radical (unpaired) electrons. The highest BCUT2D eigenvalue weighted by molar-refractivity contribution is 5.92. The maximum Gasteiger partial charge on any atom is 0.238 e. The molecule has 3 heterocycles. The molecule has 29 heavy (non-hydrogen) atoms. The molecule has 2 aromatic heterocycles. The van der Waals surface area contributed by atoms with Crippen molar-refractivity contribution >= 4 is 22.6 Å². The number of piperidine rings is 1. The number of amides is 1. The van der Waals surface area contributed by atoms with Gasteiger partial charge in [0.1, 0.15) is 11.6 Å². The number of hydrogen-bond donors (Lipinski definition) is 2. The van der Waals surface area contributed by atoms with Crippen LogP contribution >= 0.6 is 0 Å². The average Bonchev–Trinajstić information content (AvgIpc) is 3.24. The zero-order chi connectivity index (χ0) is 20.4. The molecule has 0 unspecified atom stereocenters. The van der Waals surface area contributed by atoms with Gasteiger partial charge >= 0.3 is 0 Å². The Hall–Kier alpha value is -2.74. The van der Waals surface area contributed by atoms with Crippen molar-refractivity contribution in [1.82, 2.24) is 24.6 Å². The Morgan fingerprint density at radius 1 is 1.41 bits per heavy atom. The molecular formula is C21H27FN6O. The molecule has 0 aliphatic carbocycles. The number of aryl methyl sites for hydroxylation is 2. The second kappa shape index (κ2) is 8.32. The van der Waals surface area contributed by atoms with E-state index in [0.717, 1.165) is 67.1 Å². The van der Waals surface area contributed by atoms with Crippen molar-refractivity contribution < 1.29 is 9.18 Å². The van der Waals surface area contributed by atoms with E-state index in [2.05, 4.69) is 25.3 Å². The standard InChI is InChI=1S/C21H27FN6O/c1-3-28-12-19(14(2)26-28)25-21(29)13-27-8-4-5-15(11-27)9-20-23-17-7-6-16(22)10-18(17)24-20/h6-7,10,12,15H,3-5,8-9,11,13H2,1-2H3,(H,23,24)(H,25,29)/t15-/m1/s1. The number of rotatable bonds is 6. The fourth-order valence-electron chi connectivity index (χ4n) is 4.06. The molecular weight excluding hydrogens is 371 g/mol. The maximum absolute atomic E-state index is 13.4. The summed E-state index contributed by atoms with van der Waals surface area (Å²) in [6, 6.07) is 4.61. The van der Waals surface area contributed by atoms with Crippen LogP contribution in [0.1, 0.15) is 31.3 Å². The first kappa shape index (κ1) is 19.6. The average molecular weight is 398 g/mol. The topological polar surface area (TPSA) is 78.8 Å². The number of halogens is 1. The van der Waals surface area contributed by atoms with Crippen LogP contribution in [0, 0.1) is 18.7 Å². The predicted molar refractivity (Wildman–Crippen MR) is 110 cm³/mol. The fourth-order valence-corrected chi connectivity index (χ4v) is 4.06. The summed E-state index contributed by atoms with van der Waals surface area (Å²) in [7, 11) is 0. The van der Waals surface area contributed by atoms with Gasteiger partial charge in [0.2, 0.25) is 5.91 Å². The van der Waals surface area contributed by atoms with Crippen molar-refractivity contribution in [2.24, 2.45) is 5.92 Å². The number of anilines is 1. The number of aromatic amines is 1. The van der Waals surface area contributed by atoms with E-state index in [4.69, 9.17) is 0 Å². The highest BCUT2D eigenvalue weighted by Gasteiger charge is 2.23. The summed E-state index contributed by atoms with van der Waals surface area (Å²) in [4.78, 5) is 22.5. The summed E-state index contributed by atoms with van der Waals surface area (Å²) in [6.07, 6.45) is 4.83. The van der Waals surface area contributed by atoms with Crippen molar-refractivity contribution in [3.05, 3.63) is 41.7 Å². The van der Waals surface area contributed by atoms with Crippen molar-refractivity contribution in [2.75, 3.05) is 25.0 Å². The third-order valence-corrected chi connectivity index (χ3v) is 5.49. The number of likely N-dealkylation sites (tertiary alicyclic amines) is 1. The number of nitrogens with one attached hydrogen (secondary N) is 2. The van der Waals surface area contributed by atoms with Crippen molar-refractivity contribution in [2.45, 2.75) is 39.7 Å². The molecule has 1 fully saturated rings. The molecule has 154 valence electrons. The second-order valence-corrected chi connectivity index (χ2v) is 7.82. The molecule has 0 saturated carbocycles. The number of fused-ring (bicyclic) bond motifs is 1. The predicted octanol–water partition coefficient (Wildman–Crippen LogP) is 3.12. The molecule has 0 spiro atoms. The van der Waals surface area contributed by atoms with E-state index in [1.165, 1.54) is 12.1 Å². The lowest BCUT2D eigenvalue weighted by atomic mass is 9.94. The Balaban J connectivity index is 1.33. The Kier molecular flexibility index (Phi) is 5.62. The second-order valence-electron chi connectivity index (χ2n) is 7.82. The number of imidazole rings is 1. The number of aromatic nitrogens is 4. The van der Waals surface area contributed by atoms with Gasteiger partial charge < -0.3 is 10.3 Å². The van der Waals surface area contributed by atoms with Gasteiger partial charge in [-0.15, -0.1) is 0 Å². The largest absolute Gasteiger partial charge is 0.342 e. The van der Waals surface area contributed by atoms with E-state index in [0.29, 0.717) is 12.5 Å². The quantitative estimate of drug-likeness (QED) is 0.669. The van der Waals surface area contributed by atoms with Crippen molar-refractivity contribution in [3.8, 4) is 0 Å². The van der Waals surface area contributed by atoms with Crippen LogP contribution in [0.5, 0.6) is 0 Å². The first-order chi connectivity index (χ1) is 14.0. The molecule has 1 aromatic carbocycles. The van der Waals surface area contributed by atoms with Gasteiger partial charge in [-0.25, -0.2) is 9.37 Å². The molecule has 1 aliphatic rings. The molecule has 1 atom stereocenters. The lowest BCUT2D eigenvalue weighted by Gasteiger charge is -2.31. The summed E-state index contributed by atoms with van der Waals surface area (Å²) < 4.78 is 15.2. The Morgan fingerprint density at radius 3 is 3.07 bits per heavy atom. The van der Waals surface area contributed by atoms with Crippen LogP contribution < -0.4 is 5.32 Å². The first-order valence-corrected chi connectivity index (χ1v) is 10.2. The Bertz CT molecular complexity index is 1010. The number of carbonyl (C=O) groups excluding carboxylic acids is 1. The van der Waals surface area contributed by atoms with Gasteiger partial charge in [0.15, 0.2) is 0 Å². The van der Waals surface area contributed by atoms with E-state index >= 15 is 0 Å². The minimum Gasteiger partial charge on any atom is -0.342 e. The molecule has 2 N–H and O–H groups in total. The van der Waals surface area contributed by atoms with Crippen LogP contribution in [0.25, 0.3) is 11.0 Å². The summed E-state index contributed by atoms with van der Waals surface area (Å²) in [5, 5.41) is 7.35. The SMILES string of the molecule is CCn1cc(NC(=O)CN2CCC[C@H](Cc3nc4ccc(F)cc4[nH]3)C2)c(C)n1. The summed E-state index contributed by atoms with van der Waals surface area (Å²) >= 11 is 0. The normalized spacial score (nSPS) is 17.7. The third-order valence-electron chi connectivity index (χ3n) is 5.49. The minimum atomic E-state index is -0.262. The maximum atomic E-state index is 13.4. The van der Waals surface area contributed by atoms with Gasteiger partial charge in [0.05, 0.1) is 29.0 Å². The zero-order valence-corrected chi connectivity index (χ0v) is 16.9. The van der Waals surface area contributed by atoms with Crippen LogP contribution in [0.3, 0.4) is 0 Å².